The van der Waals surface area contributed by atoms with Gasteiger partial charge in [0, 0.05) is 29.4 Å². The summed E-state index contributed by atoms with van der Waals surface area (Å²) in [6.07, 6.45) is 2.44. The van der Waals surface area contributed by atoms with Crippen LogP contribution in [0.25, 0.3) is 0 Å². The molecule has 0 unspecified atom stereocenters. The molecule has 19 heavy (non-hydrogen) atoms. The monoisotopic (exact) mass is 271 g/mol. The summed E-state index contributed by atoms with van der Waals surface area (Å²) in [6.45, 7) is 8.03. The third kappa shape index (κ3) is 2.75. The van der Waals surface area contributed by atoms with Gasteiger partial charge in [0.25, 0.3) is 0 Å². The highest BCUT2D eigenvalue weighted by Crippen LogP contribution is 2.30. The summed E-state index contributed by atoms with van der Waals surface area (Å²) >= 11 is 2.01. The molecule has 0 N–H and O–H groups in total. The van der Waals surface area contributed by atoms with E-state index in [2.05, 4.69) is 49.1 Å². The Bertz CT molecular complexity index is 556. The van der Waals surface area contributed by atoms with Crippen LogP contribution in [-0.4, -0.2) is 18.0 Å². The Hall–Kier alpha value is -1.12. The van der Waals surface area contributed by atoms with Gasteiger partial charge in [-0.3, -0.25) is 4.90 Å². The quantitative estimate of drug-likeness (QED) is 0.799. The van der Waals surface area contributed by atoms with Crippen molar-refractivity contribution in [3.05, 3.63) is 56.8 Å². The lowest BCUT2D eigenvalue weighted by Crippen LogP contribution is -2.25. The minimum atomic E-state index is 1.09. The first-order chi connectivity index (χ1) is 9.24. The number of hydrogen-bond donors (Lipinski definition) is 0. The van der Waals surface area contributed by atoms with Gasteiger partial charge >= 0.3 is 0 Å². The number of thiophene rings is 1. The number of nitrogens with zero attached hydrogens (tertiary/aromatic N) is 1. The fourth-order valence-electron chi connectivity index (χ4n) is 2.91. The van der Waals surface area contributed by atoms with E-state index in [4.69, 9.17) is 0 Å². The zero-order valence-corrected chi connectivity index (χ0v) is 12.6. The molecule has 2 heteroatoms. The molecule has 2 aromatic rings. The standard InChI is InChI=1S/C17H21NS/c1-13-14(2)19-17-9-11-18(10-8-16(13)17)12-15-6-4-3-5-7-15/h3-7H,8-12H2,1-2H3. The van der Waals surface area contributed by atoms with Gasteiger partial charge in [-0.1, -0.05) is 30.3 Å². The van der Waals surface area contributed by atoms with Gasteiger partial charge in [0.15, 0.2) is 0 Å². The number of rotatable bonds is 2. The van der Waals surface area contributed by atoms with E-state index < -0.39 is 0 Å². The summed E-state index contributed by atoms with van der Waals surface area (Å²) in [5.74, 6) is 0. The topological polar surface area (TPSA) is 3.24 Å². The fraction of sp³-hybridized carbons (Fsp3) is 0.412. The summed E-state index contributed by atoms with van der Waals surface area (Å²) in [7, 11) is 0. The van der Waals surface area contributed by atoms with Crippen LogP contribution in [-0.2, 0) is 19.4 Å². The van der Waals surface area contributed by atoms with Crippen molar-refractivity contribution >= 4 is 11.3 Å². The van der Waals surface area contributed by atoms with Gasteiger partial charge in [-0.2, -0.15) is 0 Å². The van der Waals surface area contributed by atoms with Gasteiger partial charge in [0.05, 0.1) is 0 Å². The molecule has 0 atom stereocenters. The van der Waals surface area contributed by atoms with Crippen LogP contribution in [0.4, 0.5) is 0 Å². The molecule has 0 fully saturated rings. The van der Waals surface area contributed by atoms with Crippen molar-refractivity contribution in [2.24, 2.45) is 0 Å². The lowest BCUT2D eigenvalue weighted by Gasteiger charge is -2.19. The second kappa shape index (κ2) is 5.48. The molecule has 0 aliphatic carbocycles. The van der Waals surface area contributed by atoms with Crippen LogP contribution < -0.4 is 0 Å². The van der Waals surface area contributed by atoms with Gasteiger partial charge < -0.3 is 0 Å². The number of fused-ring (bicyclic) bond motifs is 1. The predicted molar refractivity (Wildman–Crippen MR) is 82.9 cm³/mol. The fourth-order valence-corrected chi connectivity index (χ4v) is 4.13. The maximum absolute atomic E-state index is 2.59. The first-order valence-corrected chi connectivity index (χ1v) is 7.89. The third-order valence-electron chi connectivity index (χ3n) is 4.18. The molecule has 1 aromatic carbocycles. The molecule has 0 radical (unpaired) electrons. The number of hydrogen-bond acceptors (Lipinski definition) is 2. The van der Waals surface area contributed by atoms with E-state index in [9.17, 15) is 0 Å². The first kappa shape index (κ1) is 12.9. The molecule has 0 bridgehead atoms. The Morgan fingerprint density at radius 3 is 2.58 bits per heavy atom. The second-order valence-corrected chi connectivity index (χ2v) is 6.76. The molecule has 1 aromatic heterocycles. The molecule has 0 saturated heterocycles. The summed E-state index contributed by atoms with van der Waals surface area (Å²) < 4.78 is 0. The van der Waals surface area contributed by atoms with Crippen molar-refractivity contribution in [2.75, 3.05) is 13.1 Å². The lowest BCUT2D eigenvalue weighted by atomic mass is 10.1. The molecule has 1 aliphatic heterocycles. The Balaban J connectivity index is 1.70. The molecule has 2 heterocycles. The molecular weight excluding hydrogens is 250 g/mol. The van der Waals surface area contributed by atoms with Crippen LogP contribution in [0.3, 0.4) is 0 Å². The van der Waals surface area contributed by atoms with Crippen molar-refractivity contribution in [1.29, 1.82) is 0 Å². The molecular formula is C17H21NS. The van der Waals surface area contributed by atoms with Gasteiger partial charge in [0.1, 0.15) is 0 Å². The van der Waals surface area contributed by atoms with Crippen LogP contribution in [0, 0.1) is 13.8 Å². The Labute approximate surface area is 119 Å². The van der Waals surface area contributed by atoms with Crippen LogP contribution in [0.15, 0.2) is 30.3 Å². The average molecular weight is 271 g/mol. The Morgan fingerprint density at radius 2 is 1.79 bits per heavy atom. The maximum Gasteiger partial charge on any atom is 0.0234 e. The summed E-state index contributed by atoms with van der Waals surface area (Å²) in [5.41, 5.74) is 4.61. The van der Waals surface area contributed by atoms with Gasteiger partial charge in [0.2, 0.25) is 0 Å². The minimum absolute atomic E-state index is 1.09. The van der Waals surface area contributed by atoms with E-state index in [1.54, 1.807) is 16.0 Å². The van der Waals surface area contributed by atoms with Crippen LogP contribution >= 0.6 is 11.3 Å². The molecule has 1 aliphatic rings. The lowest BCUT2D eigenvalue weighted by molar-refractivity contribution is 0.279. The maximum atomic E-state index is 2.59. The van der Waals surface area contributed by atoms with Crippen molar-refractivity contribution in [3.8, 4) is 0 Å². The highest BCUT2D eigenvalue weighted by Gasteiger charge is 2.18. The van der Waals surface area contributed by atoms with Gasteiger partial charge in [-0.05, 0) is 43.4 Å². The van der Waals surface area contributed by atoms with E-state index in [0.29, 0.717) is 0 Å². The normalized spacial score (nSPS) is 16.1. The van der Waals surface area contributed by atoms with Gasteiger partial charge in [-0.25, -0.2) is 0 Å². The molecule has 1 nitrogen and oxygen atoms in total. The molecule has 0 amide bonds. The van der Waals surface area contributed by atoms with Gasteiger partial charge in [-0.15, -0.1) is 11.3 Å². The van der Waals surface area contributed by atoms with Crippen LogP contribution in [0.5, 0.6) is 0 Å². The van der Waals surface area contributed by atoms with E-state index in [-0.39, 0.29) is 0 Å². The van der Waals surface area contributed by atoms with E-state index in [1.165, 1.54) is 36.4 Å². The van der Waals surface area contributed by atoms with Crippen molar-refractivity contribution < 1.29 is 0 Å². The number of aryl methyl sites for hydroxylation is 1. The molecule has 3 rings (SSSR count). The minimum Gasteiger partial charge on any atom is -0.298 e. The first-order valence-electron chi connectivity index (χ1n) is 7.08. The Kier molecular flexibility index (Phi) is 3.72. The second-order valence-electron chi connectivity index (χ2n) is 5.45. The molecule has 0 spiro atoms. The third-order valence-corrected chi connectivity index (χ3v) is 5.49. The number of benzene rings is 1. The molecule has 0 saturated carbocycles. The highest BCUT2D eigenvalue weighted by molar-refractivity contribution is 7.12. The van der Waals surface area contributed by atoms with Crippen LogP contribution in [0.1, 0.15) is 26.4 Å². The average Bonchev–Trinajstić information content (AvgIpc) is 2.60. The summed E-state index contributed by atoms with van der Waals surface area (Å²) in [6, 6.07) is 10.8. The smallest absolute Gasteiger partial charge is 0.0234 e. The summed E-state index contributed by atoms with van der Waals surface area (Å²) in [4.78, 5) is 5.74. The van der Waals surface area contributed by atoms with Crippen molar-refractivity contribution in [2.45, 2.75) is 33.2 Å². The van der Waals surface area contributed by atoms with E-state index in [1.807, 2.05) is 11.3 Å². The zero-order chi connectivity index (χ0) is 13.2. The zero-order valence-electron chi connectivity index (χ0n) is 11.8. The highest BCUT2D eigenvalue weighted by atomic mass is 32.1. The SMILES string of the molecule is Cc1sc2c(c1C)CCN(Cc1ccccc1)CC2. The summed E-state index contributed by atoms with van der Waals surface area (Å²) in [5, 5.41) is 0. The Morgan fingerprint density at radius 1 is 1.05 bits per heavy atom. The van der Waals surface area contributed by atoms with E-state index >= 15 is 0 Å². The van der Waals surface area contributed by atoms with Crippen molar-refractivity contribution in [3.63, 3.8) is 0 Å². The van der Waals surface area contributed by atoms with E-state index in [0.717, 1.165) is 6.54 Å². The predicted octanol–water partition coefficient (Wildman–Crippen LogP) is 3.97. The largest absolute Gasteiger partial charge is 0.298 e. The molecule has 100 valence electrons. The van der Waals surface area contributed by atoms with Crippen LogP contribution in [0.2, 0.25) is 0 Å². The van der Waals surface area contributed by atoms with Crippen molar-refractivity contribution in [1.82, 2.24) is 4.90 Å².